The minimum Gasteiger partial charge on any atom is -0.347 e. The summed E-state index contributed by atoms with van der Waals surface area (Å²) in [5, 5.41) is 11.6. The molecule has 3 rings (SSSR count). The minimum atomic E-state index is -0.248. The first kappa shape index (κ1) is 19.0. The van der Waals surface area contributed by atoms with Gasteiger partial charge in [0.1, 0.15) is 0 Å². The lowest BCUT2D eigenvalue weighted by atomic mass is 10.2. The number of nitrogens with zero attached hydrogens (tertiary/aromatic N) is 5. The molecule has 0 aliphatic heterocycles. The Balaban J connectivity index is 1.47. The van der Waals surface area contributed by atoms with Gasteiger partial charge in [0.25, 0.3) is 5.91 Å². The lowest BCUT2D eigenvalue weighted by Gasteiger charge is -2.17. The zero-order valence-corrected chi connectivity index (χ0v) is 15.8. The summed E-state index contributed by atoms with van der Waals surface area (Å²) in [5.41, 5.74) is 2.36. The number of amides is 1. The molecular weight excluding hydrogens is 364 g/mol. The molecule has 0 unspecified atom stereocenters. The highest BCUT2D eigenvalue weighted by atomic mass is 35.5. The van der Waals surface area contributed by atoms with Crippen molar-refractivity contribution in [1.82, 2.24) is 30.2 Å². The fourth-order valence-corrected chi connectivity index (χ4v) is 2.75. The standard InChI is InChI=1S/C19H21ClN6O/c1-25(13-16-4-2-3-5-17(16)20)10-11-26-14-18(23-24-26)19(27)22-12-15-6-8-21-9-7-15/h2-9,14H,10-13H2,1H3,(H,22,27). The molecule has 27 heavy (non-hydrogen) atoms. The Kier molecular flexibility index (Phi) is 6.51. The van der Waals surface area contributed by atoms with Crippen molar-refractivity contribution in [3.8, 4) is 0 Å². The number of nitrogens with one attached hydrogen (secondary N) is 1. The van der Waals surface area contributed by atoms with Gasteiger partial charge in [0.15, 0.2) is 5.69 Å². The van der Waals surface area contributed by atoms with Crippen LogP contribution >= 0.6 is 11.6 Å². The van der Waals surface area contributed by atoms with Crippen molar-refractivity contribution in [1.29, 1.82) is 0 Å². The average Bonchev–Trinajstić information content (AvgIpc) is 3.16. The molecule has 0 saturated carbocycles. The highest BCUT2D eigenvalue weighted by molar-refractivity contribution is 6.31. The quantitative estimate of drug-likeness (QED) is 0.645. The largest absolute Gasteiger partial charge is 0.347 e. The maximum atomic E-state index is 12.2. The van der Waals surface area contributed by atoms with Crippen molar-refractivity contribution >= 4 is 17.5 Å². The van der Waals surface area contributed by atoms with E-state index in [1.807, 2.05) is 43.4 Å². The molecule has 0 aliphatic rings. The van der Waals surface area contributed by atoms with Crippen molar-refractivity contribution in [3.05, 3.63) is 76.8 Å². The molecule has 1 aromatic carbocycles. The minimum absolute atomic E-state index is 0.248. The zero-order valence-electron chi connectivity index (χ0n) is 15.0. The molecule has 140 valence electrons. The van der Waals surface area contributed by atoms with Crippen molar-refractivity contribution < 1.29 is 4.79 Å². The normalized spacial score (nSPS) is 10.9. The SMILES string of the molecule is CN(CCn1cc(C(=O)NCc2ccncc2)nn1)Cc1ccccc1Cl. The van der Waals surface area contributed by atoms with Crippen LogP contribution in [0.15, 0.2) is 55.0 Å². The fraction of sp³-hybridized carbons (Fsp3) is 0.263. The van der Waals surface area contributed by atoms with E-state index in [9.17, 15) is 4.79 Å². The van der Waals surface area contributed by atoms with Crippen LogP contribution in [0.3, 0.4) is 0 Å². The smallest absolute Gasteiger partial charge is 0.273 e. The van der Waals surface area contributed by atoms with E-state index in [0.29, 0.717) is 18.8 Å². The summed E-state index contributed by atoms with van der Waals surface area (Å²) in [6.45, 7) is 2.56. The van der Waals surface area contributed by atoms with Gasteiger partial charge in [0.05, 0.1) is 12.7 Å². The second kappa shape index (κ2) is 9.25. The van der Waals surface area contributed by atoms with Crippen LogP contribution in [0, 0.1) is 0 Å². The molecule has 8 heteroatoms. The third-order valence-electron chi connectivity index (χ3n) is 4.08. The first-order chi connectivity index (χ1) is 13.1. The molecule has 0 aliphatic carbocycles. The van der Waals surface area contributed by atoms with Gasteiger partial charge in [-0.1, -0.05) is 35.0 Å². The van der Waals surface area contributed by atoms with Crippen molar-refractivity contribution in [2.75, 3.05) is 13.6 Å². The number of carbonyl (C=O) groups excluding carboxylic acids is 1. The predicted molar refractivity (Wildman–Crippen MR) is 103 cm³/mol. The second-order valence-electron chi connectivity index (χ2n) is 6.23. The molecule has 1 N–H and O–H groups in total. The molecule has 0 saturated heterocycles. The second-order valence-corrected chi connectivity index (χ2v) is 6.64. The maximum absolute atomic E-state index is 12.2. The highest BCUT2D eigenvalue weighted by Gasteiger charge is 2.11. The van der Waals surface area contributed by atoms with E-state index in [-0.39, 0.29) is 5.91 Å². The molecule has 2 aromatic heterocycles. The zero-order chi connectivity index (χ0) is 19.1. The van der Waals surface area contributed by atoms with Crippen LogP contribution in [0.4, 0.5) is 0 Å². The van der Waals surface area contributed by atoms with Crippen LogP contribution in [-0.4, -0.2) is 44.4 Å². The Labute approximate surface area is 163 Å². The molecule has 0 spiro atoms. The molecule has 0 bridgehead atoms. The lowest BCUT2D eigenvalue weighted by Crippen LogP contribution is -2.24. The summed E-state index contributed by atoms with van der Waals surface area (Å²) in [4.78, 5) is 18.3. The first-order valence-corrected chi connectivity index (χ1v) is 8.99. The summed E-state index contributed by atoms with van der Waals surface area (Å²) >= 11 is 6.20. The molecule has 7 nitrogen and oxygen atoms in total. The Bertz CT molecular complexity index is 883. The lowest BCUT2D eigenvalue weighted by molar-refractivity contribution is 0.0946. The number of pyridine rings is 1. The van der Waals surface area contributed by atoms with E-state index >= 15 is 0 Å². The topological polar surface area (TPSA) is 75.9 Å². The van der Waals surface area contributed by atoms with E-state index in [1.165, 1.54) is 0 Å². The summed E-state index contributed by atoms with van der Waals surface area (Å²) in [7, 11) is 2.02. The average molecular weight is 385 g/mol. The molecule has 2 heterocycles. The van der Waals surface area contributed by atoms with Gasteiger partial charge < -0.3 is 10.2 Å². The molecule has 0 fully saturated rings. The first-order valence-electron chi connectivity index (χ1n) is 8.61. The van der Waals surface area contributed by atoms with Gasteiger partial charge in [0, 0.05) is 37.1 Å². The number of hydrogen-bond donors (Lipinski definition) is 1. The van der Waals surface area contributed by atoms with Crippen molar-refractivity contribution in [3.63, 3.8) is 0 Å². The summed E-state index contributed by atoms with van der Waals surface area (Å²) < 4.78 is 1.67. The van der Waals surface area contributed by atoms with E-state index in [2.05, 4.69) is 25.5 Å². The molecule has 0 radical (unpaired) electrons. The number of benzene rings is 1. The number of carbonyl (C=O) groups is 1. The number of halogens is 1. The van der Waals surface area contributed by atoms with Crippen LogP contribution in [0.2, 0.25) is 5.02 Å². The third kappa shape index (κ3) is 5.60. The molecule has 0 atom stereocenters. The third-order valence-corrected chi connectivity index (χ3v) is 4.45. The van der Waals surface area contributed by atoms with Gasteiger partial charge in [0.2, 0.25) is 0 Å². The van der Waals surface area contributed by atoms with E-state index in [4.69, 9.17) is 11.6 Å². The maximum Gasteiger partial charge on any atom is 0.273 e. The predicted octanol–water partition coefficient (Wildman–Crippen LogP) is 2.39. The van der Waals surface area contributed by atoms with Gasteiger partial charge in [-0.15, -0.1) is 5.10 Å². The monoisotopic (exact) mass is 384 g/mol. The Morgan fingerprint density at radius 1 is 1.22 bits per heavy atom. The van der Waals surface area contributed by atoms with Gasteiger partial charge >= 0.3 is 0 Å². The van der Waals surface area contributed by atoms with Gasteiger partial charge in [-0.05, 0) is 36.4 Å². The van der Waals surface area contributed by atoms with Crippen LogP contribution in [0.25, 0.3) is 0 Å². The summed E-state index contributed by atoms with van der Waals surface area (Å²) in [6.07, 6.45) is 5.04. The van der Waals surface area contributed by atoms with Gasteiger partial charge in [-0.3, -0.25) is 14.5 Å². The van der Waals surface area contributed by atoms with E-state index in [1.54, 1.807) is 23.3 Å². The van der Waals surface area contributed by atoms with Crippen molar-refractivity contribution in [2.24, 2.45) is 0 Å². The van der Waals surface area contributed by atoms with Gasteiger partial charge in [-0.25, -0.2) is 0 Å². The number of likely N-dealkylation sites (N-methyl/N-ethyl adjacent to an activating group) is 1. The van der Waals surface area contributed by atoms with E-state index in [0.717, 1.165) is 29.2 Å². The Hall–Kier alpha value is -2.77. The molecule has 3 aromatic rings. The number of aromatic nitrogens is 4. The van der Waals surface area contributed by atoms with Crippen LogP contribution < -0.4 is 5.32 Å². The number of rotatable bonds is 8. The Morgan fingerprint density at radius 2 is 2.00 bits per heavy atom. The Morgan fingerprint density at radius 3 is 2.78 bits per heavy atom. The fourth-order valence-electron chi connectivity index (χ4n) is 2.55. The van der Waals surface area contributed by atoms with Gasteiger partial charge in [-0.2, -0.15) is 0 Å². The van der Waals surface area contributed by atoms with E-state index < -0.39 is 0 Å². The summed E-state index contributed by atoms with van der Waals surface area (Å²) in [5.74, 6) is -0.248. The highest BCUT2D eigenvalue weighted by Crippen LogP contribution is 2.16. The number of hydrogen-bond acceptors (Lipinski definition) is 5. The van der Waals surface area contributed by atoms with Crippen LogP contribution in [-0.2, 0) is 19.6 Å². The van der Waals surface area contributed by atoms with Crippen molar-refractivity contribution in [2.45, 2.75) is 19.6 Å². The molecular formula is C19H21ClN6O. The van der Waals surface area contributed by atoms with Crippen LogP contribution in [0.5, 0.6) is 0 Å². The van der Waals surface area contributed by atoms with Crippen LogP contribution in [0.1, 0.15) is 21.6 Å². The summed E-state index contributed by atoms with van der Waals surface area (Å²) in [6, 6.07) is 11.5. The molecule has 1 amide bonds.